The van der Waals surface area contributed by atoms with Crippen LogP contribution < -0.4 is 10.1 Å². The molecule has 5 nitrogen and oxygen atoms in total. The number of hydrogen-bond acceptors (Lipinski definition) is 4. The van der Waals surface area contributed by atoms with Crippen molar-refractivity contribution in [2.45, 2.75) is 17.4 Å². The molecule has 1 aliphatic heterocycles. The first-order valence-electron chi connectivity index (χ1n) is 6.79. The van der Waals surface area contributed by atoms with Crippen molar-refractivity contribution >= 4 is 21.4 Å². The number of sulfone groups is 1. The van der Waals surface area contributed by atoms with Crippen LogP contribution in [0, 0.1) is 0 Å². The van der Waals surface area contributed by atoms with Crippen LogP contribution in [0.5, 0.6) is 5.75 Å². The van der Waals surface area contributed by atoms with E-state index in [-0.39, 0.29) is 10.8 Å². The van der Waals surface area contributed by atoms with Gasteiger partial charge in [-0.2, -0.15) is 0 Å². The summed E-state index contributed by atoms with van der Waals surface area (Å²) in [7, 11) is -3.24. The Bertz CT molecular complexity index is 787. The predicted molar refractivity (Wildman–Crippen MR) is 82.7 cm³/mol. The van der Waals surface area contributed by atoms with Crippen LogP contribution in [0.3, 0.4) is 0 Å². The normalized spacial score (nSPS) is 16.7. The summed E-state index contributed by atoms with van der Waals surface area (Å²) in [6.07, 6.45) is 1.11. The monoisotopic (exact) mass is 317 g/mol. The zero-order chi connectivity index (χ0) is 15.7. The molecule has 0 saturated carbocycles. The van der Waals surface area contributed by atoms with E-state index in [0.29, 0.717) is 12.1 Å². The van der Waals surface area contributed by atoms with Gasteiger partial charge in [-0.05, 0) is 35.9 Å². The van der Waals surface area contributed by atoms with Crippen molar-refractivity contribution in [1.29, 1.82) is 0 Å². The lowest BCUT2D eigenvalue weighted by Crippen LogP contribution is -2.31. The van der Waals surface area contributed by atoms with Crippen molar-refractivity contribution in [3.8, 4) is 5.75 Å². The number of benzene rings is 2. The van der Waals surface area contributed by atoms with Gasteiger partial charge in [0.25, 0.3) is 5.91 Å². The zero-order valence-electron chi connectivity index (χ0n) is 11.9. The molecule has 0 fully saturated rings. The Morgan fingerprint density at radius 1 is 1.14 bits per heavy atom. The maximum atomic E-state index is 12.2. The lowest BCUT2D eigenvalue weighted by molar-refractivity contribution is -0.122. The summed E-state index contributed by atoms with van der Waals surface area (Å²) >= 11 is 0. The number of para-hydroxylation sites is 1. The molecule has 1 amide bonds. The molecule has 2 aromatic rings. The van der Waals surface area contributed by atoms with Crippen LogP contribution in [0.25, 0.3) is 0 Å². The number of amides is 1. The number of ether oxygens (including phenoxy) is 1. The molecule has 1 heterocycles. The Hall–Kier alpha value is -2.34. The molecule has 0 aliphatic carbocycles. The van der Waals surface area contributed by atoms with Gasteiger partial charge in [0.15, 0.2) is 15.9 Å². The van der Waals surface area contributed by atoms with E-state index in [2.05, 4.69) is 5.32 Å². The van der Waals surface area contributed by atoms with Gasteiger partial charge in [0.05, 0.1) is 4.90 Å². The lowest BCUT2D eigenvalue weighted by Gasteiger charge is -2.11. The quantitative estimate of drug-likeness (QED) is 0.940. The molecular formula is C16H15NO4S. The van der Waals surface area contributed by atoms with E-state index >= 15 is 0 Å². The highest BCUT2D eigenvalue weighted by atomic mass is 32.2. The average molecular weight is 317 g/mol. The Kier molecular flexibility index (Phi) is 3.62. The zero-order valence-corrected chi connectivity index (χ0v) is 12.8. The number of hydrogen-bond donors (Lipinski definition) is 1. The van der Waals surface area contributed by atoms with Gasteiger partial charge in [-0.15, -0.1) is 0 Å². The molecule has 114 valence electrons. The highest BCUT2D eigenvalue weighted by molar-refractivity contribution is 7.90. The number of anilines is 1. The third-order valence-electron chi connectivity index (χ3n) is 3.49. The fourth-order valence-electron chi connectivity index (χ4n) is 2.34. The molecule has 0 bridgehead atoms. The summed E-state index contributed by atoms with van der Waals surface area (Å²) in [5, 5.41) is 2.74. The third kappa shape index (κ3) is 2.96. The summed E-state index contributed by atoms with van der Waals surface area (Å²) in [5.41, 5.74) is 1.55. The summed E-state index contributed by atoms with van der Waals surface area (Å²) in [4.78, 5) is 12.4. The van der Waals surface area contributed by atoms with E-state index < -0.39 is 15.9 Å². The minimum Gasteiger partial charge on any atom is -0.480 e. The van der Waals surface area contributed by atoms with Gasteiger partial charge in [0.2, 0.25) is 0 Å². The van der Waals surface area contributed by atoms with E-state index in [4.69, 9.17) is 4.74 Å². The van der Waals surface area contributed by atoms with Gasteiger partial charge in [0, 0.05) is 18.4 Å². The number of nitrogens with one attached hydrogen (secondary N) is 1. The topological polar surface area (TPSA) is 72.5 Å². The van der Waals surface area contributed by atoms with Crippen molar-refractivity contribution in [3.63, 3.8) is 0 Å². The van der Waals surface area contributed by atoms with Crippen molar-refractivity contribution in [3.05, 3.63) is 54.1 Å². The number of carbonyl (C=O) groups excluding carboxylic acids is 1. The first-order valence-corrected chi connectivity index (χ1v) is 8.68. The van der Waals surface area contributed by atoms with Gasteiger partial charge < -0.3 is 10.1 Å². The molecule has 0 saturated heterocycles. The number of rotatable bonds is 3. The SMILES string of the molecule is CS(=O)(=O)c1ccc(NC(=O)C2Cc3ccccc3O2)cc1. The average Bonchev–Trinajstić information content (AvgIpc) is 2.91. The second-order valence-corrected chi connectivity index (χ2v) is 7.22. The van der Waals surface area contributed by atoms with E-state index in [1.165, 1.54) is 12.1 Å². The first-order chi connectivity index (χ1) is 10.4. The largest absolute Gasteiger partial charge is 0.480 e. The predicted octanol–water partition coefficient (Wildman–Crippen LogP) is 2.03. The standard InChI is InChI=1S/C16H15NO4S/c1-22(19,20)13-8-6-12(7-9-13)17-16(18)15-10-11-4-2-3-5-14(11)21-15/h2-9,15H,10H2,1H3,(H,17,18). The minimum absolute atomic E-state index is 0.218. The van der Waals surface area contributed by atoms with E-state index in [1.807, 2.05) is 24.3 Å². The van der Waals surface area contributed by atoms with Crippen LogP contribution in [0.2, 0.25) is 0 Å². The second-order valence-electron chi connectivity index (χ2n) is 5.20. The molecule has 1 aliphatic rings. The minimum atomic E-state index is -3.24. The molecule has 1 unspecified atom stereocenters. The van der Waals surface area contributed by atoms with Gasteiger partial charge in [-0.3, -0.25) is 4.79 Å². The van der Waals surface area contributed by atoms with Crippen molar-refractivity contribution < 1.29 is 17.9 Å². The summed E-state index contributed by atoms with van der Waals surface area (Å²) < 4.78 is 28.4. The number of fused-ring (bicyclic) bond motifs is 1. The van der Waals surface area contributed by atoms with Gasteiger partial charge >= 0.3 is 0 Å². The van der Waals surface area contributed by atoms with Gasteiger partial charge in [-0.25, -0.2) is 8.42 Å². The molecule has 6 heteroatoms. The molecule has 1 N–H and O–H groups in total. The Morgan fingerprint density at radius 3 is 2.45 bits per heavy atom. The van der Waals surface area contributed by atoms with Crippen LogP contribution in [0.15, 0.2) is 53.4 Å². The molecule has 3 rings (SSSR count). The van der Waals surface area contributed by atoms with Gasteiger partial charge in [0.1, 0.15) is 5.75 Å². The molecule has 1 atom stereocenters. The summed E-state index contributed by atoms with van der Waals surface area (Å²) in [6, 6.07) is 13.6. The van der Waals surface area contributed by atoms with Crippen molar-refractivity contribution in [2.75, 3.05) is 11.6 Å². The van der Waals surface area contributed by atoms with Crippen LogP contribution in [0.1, 0.15) is 5.56 Å². The number of carbonyl (C=O) groups is 1. The highest BCUT2D eigenvalue weighted by Crippen LogP contribution is 2.28. The van der Waals surface area contributed by atoms with Crippen LogP contribution in [-0.2, 0) is 21.1 Å². The summed E-state index contributed by atoms with van der Waals surface area (Å²) in [6.45, 7) is 0. The van der Waals surface area contributed by atoms with E-state index in [0.717, 1.165) is 17.6 Å². The maximum absolute atomic E-state index is 12.2. The Morgan fingerprint density at radius 2 is 1.82 bits per heavy atom. The summed E-state index contributed by atoms with van der Waals surface area (Å²) in [5.74, 6) is 0.485. The molecule has 0 radical (unpaired) electrons. The van der Waals surface area contributed by atoms with E-state index in [1.54, 1.807) is 12.1 Å². The molecular weight excluding hydrogens is 302 g/mol. The lowest BCUT2D eigenvalue weighted by atomic mass is 10.1. The molecule has 22 heavy (non-hydrogen) atoms. The maximum Gasteiger partial charge on any atom is 0.265 e. The van der Waals surface area contributed by atoms with Gasteiger partial charge in [-0.1, -0.05) is 18.2 Å². The highest BCUT2D eigenvalue weighted by Gasteiger charge is 2.28. The van der Waals surface area contributed by atoms with Crippen LogP contribution >= 0.6 is 0 Å². The van der Waals surface area contributed by atoms with Crippen LogP contribution in [-0.4, -0.2) is 26.7 Å². The first kappa shape index (κ1) is 14.6. The third-order valence-corrected chi connectivity index (χ3v) is 4.62. The molecule has 0 aromatic heterocycles. The Labute approximate surface area is 128 Å². The second kappa shape index (κ2) is 5.46. The Balaban J connectivity index is 1.68. The van der Waals surface area contributed by atoms with Crippen molar-refractivity contribution in [2.24, 2.45) is 0 Å². The molecule has 0 spiro atoms. The molecule has 2 aromatic carbocycles. The van der Waals surface area contributed by atoms with E-state index in [9.17, 15) is 13.2 Å². The van der Waals surface area contributed by atoms with Crippen LogP contribution in [0.4, 0.5) is 5.69 Å². The fraction of sp³-hybridized carbons (Fsp3) is 0.188. The fourth-order valence-corrected chi connectivity index (χ4v) is 2.97. The smallest absolute Gasteiger partial charge is 0.265 e. The van der Waals surface area contributed by atoms with Crippen molar-refractivity contribution in [1.82, 2.24) is 0 Å².